The molecule has 0 fully saturated rings. The predicted octanol–water partition coefficient (Wildman–Crippen LogP) is 2.33. The molecule has 6 heteroatoms. The van der Waals surface area contributed by atoms with Crippen LogP contribution in [0.15, 0.2) is 16.6 Å². The van der Waals surface area contributed by atoms with Crippen molar-refractivity contribution >= 4 is 21.8 Å². The van der Waals surface area contributed by atoms with Crippen molar-refractivity contribution in [2.75, 3.05) is 27.4 Å². The second-order valence-corrected chi connectivity index (χ2v) is 5.34. The molecule has 0 aliphatic carbocycles. The van der Waals surface area contributed by atoms with E-state index in [1.165, 1.54) is 26.4 Å². The van der Waals surface area contributed by atoms with Crippen LogP contribution in [0.1, 0.15) is 24.9 Å². The third-order valence-electron chi connectivity index (χ3n) is 2.63. The fourth-order valence-corrected chi connectivity index (χ4v) is 1.93. The van der Waals surface area contributed by atoms with E-state index >= 15 is 0 Å². The number of nitrogens with one attached hydrogen (secondary N) is 2. The SMILES string of the molecule is [2H]C([2H])(NCNC(=O)C(C)C)C([2H])([2H])c1cc(OC)c(Br)cc1OC. The second kappa shape index (κ2) is 8.89. The van der Waals surface area contributed by atoms with Gasteiger partial charge in [-0.3, -0.25) is 10.1 Å². The summed E-state index contributed by atoms with van der Waals surface area (Å²) in [5.41, 5.74) is -0.0114. The van der Waals surface area contributed by atoms with Gasteiger partial charge >= 0.3 is 0 Å². The first-order valence-corrected chi connectivity index (χ1v) is 7.22. The van der Waals surface area contributed by atoms with E-state index in [1.807, 2.05) is 0 Å². The highest BCUT2D eigenvalue weighted by molar-refractivity contribution is 9.10. The topological polar surface area (TPSA) is 59.6 Å². The summed E-state index contributed by atoms with van der Waals surface area (Å²) in [7, 11) is 2.81. The van der Waals surface area contributed by atoms with Crippen LogP contribution < -0.4 is 20.1 Å². The molecule has 0 aromatic heterocycles. The number of carbonyl (C=O) groups is 1. The molecule has 0 unspecified atom stereocenters. The molecule has 0 spiro atoms. The third-order valence-corrected chi connectivity index (χ3v) is 3.25. The molecule has 0 bridgehead atoms. The molecule has 0 heterocycles. The van der Waals surface area contributed by atoms with Gasteiger partial charge in [0, 0.05) is 17.9 Å². The Morgan fingerprint density at radius 2 is 2.00 bits per heavy atom. The monoisotopic (exact) mass is 362 g/mol. The molecule has 5 nitrogen and oxygen atoms in total. The van der Waals surface area contributed by atoms with Crippen molar-refractivity contribution in [2.24, 2.45) is 5.92 Å². The molecule has 1 amide bonds. The Kier molecular flexibility index (Phi) is 5.21. The largest absolute Gasteiger partial charge is 0.496 e. The molecule has 1 rings (SSSR count). The Balaban J connectivity index is 3.10. The first-order chi connectivity index (χ1) is 11.5. The molecule has 118 valence electrons. The number of hydrogen-bond donors (Lipinski definition) is 2. The average Bonchev–Trinajstić information content (AvgIpc) is 2.53. The number of methoxy groups -OCH3 is 2. The van der Waals surface area contributed by atoms with Crippen LogP contribution in [0, 0.1) is 5.92 Å². The van der Waals surface area contributed by atoms with E-state index in [-0.39, 0.29) is 29.8 Å². The maximum atomic E-state index is 11.6. The first-order valence-electron chi connectivity index (χ1n) is 8.42. The maximum absolute atomic E-state index is 11.6. The van der Waals surface area contributed by atoms with Gasteiger partial charge in [0.2, 0.25) is 5.91 Å². The van der Waals surface area contributed by atoms with Crippen molar-refractivity contribution < 1.29 is 19.8 Å². The standard InChI is InChI=1S/C15H23BrN2O3/c1-10(2)15(19)18-9-17-6-5-11-7-14(21-4)12(16)8-13(11)20-3/h7-8,10,17H,5-6,9H2,1-4H3,(H,18,19)/i5D2,6D2. The lowest BCUT2D eigenvalue weighted by Gasteiger charge is -2.13. The molecular weight excluding hydrogens is 336 g/mol. The molecule has 0 saturated heterocycles. The summed E-state index contributed by atoms with van der Waals surface area (Å²) >= 11 is 3.29. The molecule has 1 aromatic carbocycles. The lowest BCUT2D eigenvalue weighted by atomic mass is 10.1. The van der Waals surface area contributed by atoms with Crippen LogP contribution in [0.25, 0.3) is 0 Å². The average molecular weight is 363 g/mol. The minimum atomic E-state index is -2.48. The van der Waals surface area contributed by atoms with Crippen LogP contribution in [-0.4, -0.2) is 33.3 Å². The van der Waals surface area contributed by atoms with Gasteiger partial charge in [0.15, 0.2) is 0 Å². The molecule has 0 radical (unpaired) electrons. The van der Waals surface area contributed by atoms with Gasteiger partial charge in [-0.1, -0.05) is 13.8 Å². The summed E-state index contributed by atoms with van der Waals surface area (Å²) < 4.78 is 43.7. The van der Waals surface area contributed by atoms with E-state index in [2.05, 4.69) is 26.6 Å². The molecule has 1 aromatic rings. The Morgan fingerprint density at radius 1 is 1.33 bits per heavy atom. The summed E-state index contributed by atoms with van der Waals surface area (Å²) in [6.45, 7) is 0.729. The summed E-state index contributed by atoms with van der Waals surface area (Å²) in [6, 6.07) is 2.90. The highest BCUT2D eigenvalue weighted by Crippen LogP contribution is 2.32. The Morgan fingerprint density at radius 3 is 2.57 bits per heavy atom. The van der Waals surface area contributed by atoms with Crippen LogP contribution in [0.3, 0.4) is 0 Å². The number of hydrogen-bond acceptors (Lipinski definition) is 4. The second-order valence-electron chi connectivity index (χ2n) is 4.49. The van der Waals surface area contributed by atoms with Gasteiger partial charge in [-0.05, 0) is 40.0 Å². The lowest BCUT2D eigenvalue weighted by molar-refractivity contribution is -0.124. The Hall–Kier alpha value is -1.27. The van der Waals surface area contributed by atoms with Crippen LogP contribution in [0.5, 0.6) is 11.5 Å². The molecular formula is C15H23BrN2O3. The van der Waals surface area contributed by atoms with Gasteiger partial charge in [0.1, 0.15) is 11.5 Å². The van der Waals surface area contributed by atoms with Gasteiger partial charge in [-0.15, -0.1) is 0 Å². The van der Waals surface area contributed by atoms with E-state index in [4.69, 9.17) is 15.0 Å². The number of carbonyl (C=O) groups excluding carboxylic acids is 1. The number of aryl methyl sites for hydroxylation is 1. The van der Waals surface area contributed by atoms with Gasteiger partial charge in [0.05, 0.1) is 25.4 Å². The molecule has 2 N–H and O–H groups in total. The van der Waals surface area contributed by atoms with Gasteiger partial charge in [0.25, 0.3) is 0 Å². The van der Waals surface area contributed by atoms with E-state index in [0.29, 0.717) is 10.2 Å². The number of benzene rings is 1. The zero-order valence-corrected chi connectivity index (χ0v) is 14.1. The predicted molar refractivity (Wildman–Crippen MR) is 86.8 cm³/mol. The quantitative estimate of drug-likeness (QED) is 0.696. The van der Waals surface area contributed by atoms with E-state index in [1.54, 1.807) is 13.8 Å². The normalized spacial score (nSPS) is 14.8. The fraction of sp³-hybridized carbons (Fsp3) is 0.533. The van der Waals surface area contributed by atoms with Gasteiger partial charge < -0.3 is 14.8 Å². The van der Waals surface area contributed by atoms with Crippen molar-refractivity contribution in [3.05, 3.63) is 22.2 Å². The van der Waals surface area contributed by atoms with Crippen LogP contribution in [-0.2, 0) is 11.2 Å². The van der Waals surface area contributed by atoms with Gasteiger partial charge in [-0.2, -0.15) is 0 Å². The number of ether oxygens (including phenoxy) is 2. The molecule has 0 aliphatic heterocycles. The summed E-state index contributed by atoms with van der Waals surface area (Å²) in [4.78, 5) is 11.6. The Bertz CT molecular complexity index is 627. The van der Waals surface area contributed by atoms with Crippen LogP contribution in [0.4, 0.5) is 0 Å². The van der Waals surface area contributed by atoms with E-state index in [0.717, 1.165) is 0 Å². The fourth-order valence-electron chi connectivity index (χ4n) is 1.45. The number of rotatable bonds is 8. The third kappa shape index (κ3) is 5.55. The molecule has 0 aliphatic rings. The van der Waals surface area contributed by atoms with Crippen LogP contribution >= 0.6 is 15.9 Å². The number of halogens is 1. The van der Waals surface area contributed by atoms with E-state index in [9.17, 15) is 4.79 Å². The first kappa shape index (κ1) is 12.3. The van der Waals surface area contributed by atoms with Crippen LogP contribution in [0.2, 0.25) is 0 Å². The summed E-state index contributed by atoms with van der Waals surface area (Å²) in [5, 5.41) is 4.91. The minimum absolute atomic E-state index is 0.0114. The molecule has 21 heavy (non-hydrogen) atoms. The molecule has 0 atom stereocenters. The Labute approximate surface area is 140 Å². The zero-order chi connectivity index (χ0) is 19.4. The maximum Gasteiger partial charge on any atom is 0.223 e. The number of amides is 1. The highest BCUT2D eigenvalue weighted by Gasteiger charge is 2.09. The van der Waals surface area contributed by atoms with Crippen molar-refractivity contribution in [2.45, 2.75) is 20.2 Å². The minimum Gasteiger partial charge on any atom is -0.496 e. The molecule has 0 saturated carbocycles. The lowest BCUT2D eigenvalue weighted by Crippen LogP contribution is -2.36. The van der Waals surface area contributed by atoms with Crippen molar-refractivity contribution in [3.63, 3.8) is 0 Å². The van der Waals surface area contributed by atoms with Crippen molar-refractivity contribution in [1.82, 2.24) is 10.6 Å². The van der Waals surface area contributed by atoms with E-state index < -0.39 is 12.9 Å². The zero-order valence-electron chi connectivity index (χ0n) is 16.5. The van der Waals surface area contributed by atoms with Crippen molar-refractivity contribution in [1.29, 1.82) is 0 Å². The highest BCUT2D eigenvalue weighted by atomic mass is 79.9. The summed E-state index contributed by atoms with van der Waals surface area (Å²) in [5.74, 6) is 0.0187. The van der Waals surface area contributed by atoms with Crippen molar-refractivity contribution in [3.8, 4) is 11.5 Å². The van der Waals surface area contributed by atoms with Gasteiger partial charge in [-0.25, -0.2) is 0 Å². The summed E-state index contributed by atoms with van der Waals surface area (Å²) in [6.07, 6.45) is -2.46. The smallest absolute Gasteiger partial charge is 0.223 e.